The number of carbonyl (C=O) groups excluding carboxylic acids is 1. The monoisotopic (exact) mass is 412 g/mol. The number of anilines is 1. The van der Waals surface area contributed by atoms with E-state index < -0.39 is 6.10 Å². The van der Waals surface area contributed by atoms with Crippen molar-refractivity contribution in [1.29, 1.82) is 0 Å². The number of ether oxygens (including phenoxy) is 1. The normalized spacial score (nSPS) is 15.5. The number of hydrogen-bond acceptors (Lipinski definition) is 6. The summed E-state index contributed by atoms with van der Waals surface area (Å²) in [5, 5.41) is 7.56. The van der Waals surface area contributed by atoms with Crippen LogP contribution in [0, 0.1) is 0 Å². The van der Waals surface area contributed by atoms with E-state index >= 15 is 0 Å². The van der Waals surface area contributed by atoms with Crippen LogP contribution in [0.1, 0.15) is 19.2 Å². The van der Waals surface area contributed by atoms with E-state index in [1.54, 1.807) is 12.1 Å². The average Bonchev–Trinajstić information content (AvgIpc) is 3.20. The maximum atomic E-state index is 12.5. The van der Waals surface area contributed by atoms with Gasteiger partial charge in [-0.25, -0.2) is 0 Å². The Balaban J connectivity index is 1.55. The lowest BCUT2D eigenvalue weighted by Gasteiger charge is -2.34. The molecule has 0 fully saturated rings. The molecule has 1 aliphatic heterocycles. The third-order valence-electron chi connectivity index (χ3n) is 4.58. The number of nitrogens with one attached hydrogen (secondary N) is 1. The Hall–Kier alpha value is -3.06. The number of amides is 1. The molecule has 0 saturated carbocycles. The first-order chi connectivity index (χ1) is 14.1. The lowest BCUT2D eigenvalue weighted by Crippen LogP contribution is -2.48. The second-order valence-electron chi connectivity index (χ2n) is 6.77. The third-order valence-corrected chi connectivity index (χ3v) is 4.82. The zero-order valence-corrected chi connectivity index (χ0v) is 16.7. The van der Waals surface area contributed by atoms with Crippen LogP contribution >= 0.6 is 11.6 Å². The second-order valence-corrected chi connectivity index (χ2v) is 7.20. The lowest BCUT2D eigenvalue weighted by atomic mass is 10.1. The van der Waals surface area contributed by atoms with Crippen LogP contribution in [0.2, 0.25) is 5.02 Å². The highest BCUT2D eigenvalue weighted by molar-refractivity contribution is 6.30. The first kappa shape index (κ1) is 19.3. The number of aromatic nitrogens is 2. The lowest BCUT2D eigenvalue weighted by molar-refractivity contribution is -0.127. The molecule has 0 unspecified atom stereocenters. The average molecular weight is 413 g/mol. The number of nitrogens with zero attached hydrogens (tertiary/aromatic N) is 3. The molecular weight excluding hydrogens is 392 g/mol. The minimum atomic E-state index is -0.605. The van der Waals surface area contributed by atoms with E-state index in [2.05, 4.69) is 15.5 Å². The van der Waals surface area contributed by atoms with E-state index in [9.17, 15) is 4.79 Å². The van der Waals surface area contributed by atoms with Crippen molar-refractivity contribution in [1.82, 2.24) is 15.5 Å². The Morgan fingerprint density at radius 2 is 2.14 bits per heavy atom. The molecule has 1 atom stereocenters. The highest BCUT2D eigenvalue weighted by Gasteiger charge is 2.31. The van der Waals surface area contributed by atoms with Gasteiger partial charge in [-0.3, -0.25) is 4.79 Å². The van der Waals surface area contributed by atoms with Crippen LogP contribution in [0.4, 0.5) is 5.69 Å². The Morgan fingerprint density at radius 3 is 2.97 bits per heavy atom. The molecule has 1 aliphatic rings. The molecular formula is C21H21ClN4O3. The fourth-order valence-electron chi connectivity index (χ4n) is 3.18. The molecule has 8 heteroatoms. The third kappa shape index (κ3) is 4.35. The van der Waals surface area contributed by atoms with Gasteiger partial charge >= 0.3 is 0 Å². The number of hydrogen-bond donors (Lipinski definition) is 1. The molecule has 2 aromatic carbocycles. The van der Waals surface area contributed by atoms with Gasteiger partial charge in [0.05, 0.1) is 18.8 Å². The van der Waals surface area contributed by atoms with E-state index in [4.69, 9.17) is 20.9 Å². The molecule has 1 amide bonds. The number of benzene rings is 2. The molecule has 0 bridgehead atoms. The maximum absolute atomic E-state index is 12.5. The summed E-state index contributed by atoms with van der Waals surface area (Å²) in [6, 6.07) is 14.9. The van der Waals surface area contributed by atoms with Crippen molar-refractivity contribution in [2.24, 2.45) is 0 Å². The van der Waals surface area contributed by atoms with Gasteiger partial charge in [0.2, 0.25) is 11.7 Å². The number of halogens is 1. The summed E-state index contributed by atoms with van der Waals surface area (Å²) in [5.74, 6) is 1.45. The minimum Gasteiger partial charge on any atom is -0.477 e. The number of fused-ring (bicyclic) bond motifs is 1. The van der Waals surface area contributed by atoms with E-state index in [1.807, 2.05) is 48.2 Å². The Morgan fingerprint density at radius 1 is 1.28 bits per heavy atom. The Kier molecular flexibility index (Phi) is 5.67. The Labute approximate surface area is 173 Å². The zero-order valence-electron chi connectivity index (χ0n) is 16.0. The first-order valence-corrected chi connectivity index (χ1v) is 9.88. The molecule has 29 heavy (non-hydrogen) atoms. The molecule has 7 nitrogen and oxygen atoms in total. The van der Waals surface area contributed by atoms with E-state index in [-0.39, 0.29) is 5.91 Å². The molecule has 4 rings (SSSR count). The van der Waals surface area contributed by atoms with E-state index in [1.165, 1.54) is 0 Å². The molecule has 3 aromatic rings. The van der Waals surface area contributed by atoms with Crippen molar-refractivity contribution < 1.29 is 14.1 Å². The van der Waals surface area contributed by atoms with Gasteiger partial charge in [-0.05, 0) is 30.7 Å². The molecule has 0 radical (unpaired) electrons. The predicted octanol–water partition coefficient (Wildman–Crippen LogP) is 3.68. The van der Waals surface area contributed by atoms with Crippen LogP contribution in [0.25, 0.3) is 11.4 Å². The molecule has 0 spiro atoms. The predicted molar refractivity (Wildman–Crippen MR) is 110 cm³/mol. The van der Waals surface area contributed by atoms with E-state index in [0.29, 0.717) is 42.1 Å². The topological polar surface area (TPSA) is 80.5 Å². The summed E-state index contributed by atoms with van der Waals surface area (Å²) in [6.07, 6.45) is 0.263. The van der Waals surface area contributed by atoms with Gasteiger partial charge in [-0.2, -0.15) is 4.98 Å². The smallest absolute Gasteiger partial charge is 0.262 e. The van der Waals surface area contributed by atoms with Crippen LogP contribution < -0.4 is 15.0 Å². The number of carbonyl (C=O) groups is 1. The van der Waals surface area contributed by atoms with Crippen molar-refractivity contribution in [2.75, 3.05) is 18.0 Å². The molecule has 1 N–H and O–H groups in total. The summed E-state index contributed by atoms with van der Waals surface area (Å²) >= 11 is 6.05. The summed E-state index contributed by atoms with van der Waals surface area (Å²) in [6.45, 7) is 3.39. The van der Waals surface area contributed by atoms with Gasteiger partial charge in [0.25, 0.3) is 5.91 Å². The largest absolute Gasteiger partial charge is 0.477 e. The van der Waals surface area contributed by atoms with Gasteiger partial charge < -0.3 is 19.5 Å². The zero-order chi connectivity index (χ0) is 20.2. The molecule has 2 heterocycles. The molecule has 1 aromatic heterocycles. The highest BCUT2D eigenvalue weighted by atomic mass is 35.5. The fourth-order valence-corrected chi connectivity index (χ4v) is 3.37. The standard InChI is InChI=1S/C21H21ClN4O3/c1-2-10-23-21(27)18-12-26(16-8-3-4-9-17(16)28-18)13-19-24-20(25-29-19)14-6-5-7-15(22)11-14/h3-9,11,18H,2,10,12-13H2,1H3,(H,23,27)/t18-/m1/s1. The Bertz CT molecular complexity index is 1010. The van der Waals surface area contributed by atoms with Gasteiger partial charge in [0.1, 0.15) is 5.75 Å². The highest BCUT2D eigenvalue weighted by Crippen LogP contribution is 2.34. The van der Waals surface area contributed by atoms with Crippen molar-refractivity contribution in [3.63, 3.8) is 0 Å². The van der Waals surface area contributed by atoms with Gasteiger partial charge in [0.15, 0.2) is 6.10 Å². The van der Waals surface area contributed by atoms with Crippen LogP contribution in [0.15, 0.2) is 53.1 Å². The number of rotatable bonds is 6. The van der Waals surface area contributed by atoms with Crippen LogP contribution in [-0.4, -0.2) is 35.2 Å². The van der Waals surface area contributed by atoms with Crippen molar-refractivity contribution in [3.05, 3.63) is 59.4 Å². The fraction of sp³-hybridized carbons (Fsp3) is 0.286. The van der Waals surface area contributed by atoms with Gasteiger partial charge in [0, 0.05) is 17.1 Å². The van der Waals surface area contributed by atoms with Crippen molar-refractivity contribution in [3.8, 4) is 17.1 Å². The first-order valence-electron chi connectivity index (χ1n) is 9.51. The summed E-state index contributed by atoms with van der Waals surface area (Å²) in [7, 11) is 0. The molecule has 0 aliphatic carbocycles. The molecule has 150 valence electrons. The number of para-hydroxylation sites is 2. The SMILES string of the molecule is CCCNC(=O)[C@H]1CN(Cc2nc(-c3cccc(Cl)c3)no2)c2ccccc2O1. The summed E-state index contributed by atoms with van der Waals surface area (Å²) < 4.78 is 11.4. The quantitative estimate of drug-likeness (QED) is 0.665. The van der Waals surface area contributed by atoms with Crippen molar-refractivity contribution in [2.45, 2.75) is 26.0 Å². The van der Waals surface area contributed by atoms with Gasteiger partial charge in [-0.15, -0.1) is 0 Å². The minimum absolute atomic E-state index is 0.128. The summed E-state index contributed by atoms with van der Waals surface area (Å²) in [4.78, 5) is 19.0. The second kappa shape index (κ2) is 8.53. The van der Waals surface area contributed by atoms with Gasteiger partial charge in [-0.1, -0.05) is 47.9 Å². The summed E-state index contributed by atoms with van der Waals surface area (Å²) in [5.41, 5.74) is 1.67. The van der Waals surface area contributed by atoms with Crippen molar-refractivity contribution >= 4 is 23.2 Å². The van der Waals surface area contributed by atoms with Crippen LogP contribution in [0.5, 0.6) is 5.75 Å². The maximum Gasteiger partial charge on any atom is 0.262 e. The van der Waals surface area contributed by atoms with Crippen LogP contribution in [-0.2, 0) is 11.3 Å². The molecule has 0 saturated heterocycles. The van der Waals surface area contributed by atoms with E-state index in [0.717, 1.165) is 17.7 Å². The van der Waals surface area contributed by atoms with Crippen LogP contribution in [0.3, 0.4) is 0 Å².